The summed E-state index contributed by atoms with van der Waals surface area (Å²) in [6.45, 7) is 7.06. The van der Waals surface area contributed by atoms with Crippen molar-refractivity contribution in [3.63, 3.8) is 0 Å². The number of hydrogen-bond donors (Lipinski definition) is 0. The van der Waals surface area contributed by atoms with Crippen LogP contribution in [0.3, 0.4) is 0 Å². The summed E-state index contributed by atoms with van der Waals surface area (Å²) < 4.78 is 7.39. The normalized spacial score (nSPS) is 20.6. The van der Waals surface area contributed by atoms with Crippen molar-refractivity contribution < 1.29 is 9.53 Å². The van der Waals surface area contributed by atoms with Crippen LogP contribution in [0.4, 0.5) is 4.79 Å². The van der Waals surface area contributed by atoms with Gasteiger partial charge in [-0.1, -0.05) is 0 Å². The molecule has 7 nitrogen and oxygen atoms in total. The van der Waals surface area contributed by atoms with E-state index in [4.69, 9.17) is 4.74 Å². The second-order valence-corrected chi connectivity index (χ2v) is 6.95. The molecule has 1 saturated carbocycles. The second-order valence-electron chi connectivity index (χ2n) is 6.95. The number of tetrazole rings is 1. The summed E-state index contributed by atoms with van der Waals surface area (Å²) >= 11 is 0. The number of nitrogens with zero attached hydrogens (tertiary/aromatic N) is 5. The molecular formula is C14H23N5O2. The zero-order valence-electron chi connectivity index (χ0n) is 12.9. The van der Waals surface area contributed by atoms with Crippen LogP contribution in [-0.4, -0.2) is 49.9 Å². The number of rotatable bonds is 2. The first-order chi connectivity index (χ1) is 9.94. The molecule has 0 spiro atoms. The maximum atomic E-state index is 12.0. The maximum Gasteiger partial charge on any atom is 0.410 e. The number of aromatic nitrogens is 4. The largest absolute Gasteiger partial charge is 0.444 e. The highest BCUT2D eigenvalue weighted by atomic mass is 16.6. The first-order valence-corrected chi connectivity index (χ1v) is 7.70. The molecule has 21 heavy (non-hydrogen) atoms. The molecule has 2 aliphatic rings. The van der Waals surface area contributed by atoms with E-state index in [1.807, 2.05) is 25.5 Å². The Labute approximate surface area is 124 Å². The van der Waals surface area contributed by atoms with Crippen LogP contribution in [0.25, 0.3) is 0 Å². The van der Waals surface area contributed by atoms with Gasteiger partial charge in [0.05, 0.1) is 6.04 Å². The first-order valence-electron chi connectivity index (χ1n) is 7.70. The molecule has 2 heterocycles. The molecule has 116 valence electrons. The molecule has 1 saturated heterocycles. The van der Waals surface area contributed by atoms with Crippen LogP contribution in [0.1, 0.15) is 64.2 Å². The number of ether oxygens (including phenoxy) is 1. The van der Waals surface area contributed by atoms with Gasteiger partial charge in [-0.15, -0.1) is 5.10 Å². The Bertz CT molecular complexity index is 510. The van der Waals surface area contributed by atoms with E-state index in [1.165, 1.54) is 12.8 Å². The number of hydrogen-bond acceptors (Lipinski definition) is 5. The van der Waals surface area contributed by atoms with Crippen molar-refractivity contribution in [3.8, 4) is 0 Å². The molecular weight excluding hydrogens is 270 g/mol. The lowest BCUT2D eigenvalue weighted by Gasteiger charge is -2.33. The Morgan fingerprint density at radius 2 is 1.86 bits per heavy atom. The van der Waals surface area contributed by atoms with Gasteiger partial charge in [0.1, 0.15) is 5.60 Å². The van der Waals surface area contributed by atoms with Gasteiger partial charge in [-0.05, 0) is 56.9 Å². The molecule has 0 atom stereocenters. The summed E-state index contributed by atoms with van der Waals surface area (Å²) in [5.41, 5.74) is -0.442. The first kappa shape index (κ1) is 14.3. The number of carbonyl (C=O) groups is 1. The predicted molar refractivity (Wildman–Crippen MR) is 75.9 cm³/mol. The molecule has 0 unspecified atom stereocenters. The lowest BCUT2D eigenvalue weighted by atomic mass is 10.1. The van der Waals surface area contributed by atoms with Gasteiger partial charge in [0.15, 0.2) is 5.82 Å². The van der Waals surface area contributed by atoms with E-state index in [2.05, 4.69) is 15.5 Å². The molecule has 1 aromatic heterocycles. The van der Waals surface area contributed by atoms with Gasteiger partial charge in [0.25, 0.3) is 0 Å². The molecule has 2 fully saturated rings. The number of carbonyl (C=O) groups excluding carboxylic acids is 1. The van der Waals surface area contributed by atoms with E-state index in [-0.39, 0.29) is 6.09 Å². The standard InChI is InChI=1S/C14H23N5O2/c1-14(2,3)21-13(20)18-8-6-11(7-9-18)19-12(10-4-5-10)15-16-17-19/h10-11H,4-9H2,1-3H3. The van der Waals surface area contributed by atoms with Crippen LogP contribution < -0.4 is 0 Å². The average molecular weight is 293 g/mol. The van der Waals surface area contributed by atoms with Crippen LogP contribution in [0, 0.1) is 0 Å². The highest BCUT2D eigenvalue weighted by molar-refractivity contribution is 5.68. The van der Waals surface area contributed by atoms with Gasteiger partial charge >= 0.3 is 6.09 Å². The molecule has 3 rings (SSSR count). The lowest BCUT2D eigenvalue weighted by Crippen LogP contribution is -2.42. The van der Waals surface area contributed by atoms with E-state index in [9.17, 15) is 4.79 Å². The topological polar surface area (TPSA) is 73.1 Å². The molecule has 1 aliphatic heterocycles. The highest BCUT2D eigenvalue weighted by Gasteiger charge is 2.34. The van der Waals surface area contributed by atoms with Crippen LogP contribution in [0.2, 0.25) is 0 Å². The second kappa shape index (κ2) is 5.27. The molecule has 1 aromatic rings. The minimum absolute atomic E-state index is 0.222. The van der Waals surface area contributed by atoms with E-state index in [0.29, 0.717) is 25.0 Å². The van der Waals surface area contributed by atoms with Gasteiger partial charge in [0.2, 0.25) is 0 Å². The fourth-order valence-electron chi connectivity index (χ4n) is 2.69. The summed E-state index contributed by atoms with van der Waals surface area (Å²) in [6.07, 6.45) is 3.92. The van der Waals surface area contributed by atoms with Gasteiger partial charge in [0, 0.05) is 19.0 Å². The van der Waals surface area contributed by atoms with E-state index in [1.54, 1.807) is 4.90 Å². The molecule has 1 aliphatic carbocycles. The van der Waals surface area contributed by atoms with Crippen molar-refractivity contribution >= 4 is 6.09 Å². The van der Waals surface area contributed by atoms with Gasteiger partial charge in [-0.2, -0.15) is 0 Å². The van der Waals surface area contributed by atoms with Crippen LogP contribution in [0.5, 0.6) is 0 Å². The van der Waals surface area contributed by atoms with Crippen LogP contribution in [0.15, 0.2) is 0 Å². The van der Waals surface area contributed by atoms with Crippen LogP contribution >= 0.6 is 0 Å². The van der Waals surface area contributed by atoms with Crippen LogP contribution in [-0.2, 0) is 4.74 Å². The van der Waals surface area contributed by atoms with Crippen molar-refractivity contribution in [2.24, 2.45) is 0 Å². The van der Waals surface area contributed by atoms with Gasteiger partial charge in [-0.25, -0.2) is 9.48 Å². The Morgan fingerprint density at radius 3 is 2.43 bits per heavy atom. The molecule has 7 heteroatoms. The Hall–Kier alpha value is -1.66. The third-order valence-corrected chi connectivity index (χ3v) is 3.92. The highest BCUT2D eigenvalue weighted by Crippen LogP contribution is 2.40. The predicted octanol–water partition coefficient (Wildman–Crippen LogP) is 2.12. The monoisotopic (exact) mass is 293 g/mol. The zero-order chi connectivity index (χ0) is 15.0. The molecule has 0 aromatic carbocycles. The lowest BCUT2D eigenvalue weighted by molar-refractivity contribution is 0.0183. The van der Waals surface area contributed by atoms with E-state index in [0.717, 1.165) is 18.7 Å². The minimum Gasteiger partial charge on any atom is -0.444 e. The third kappa shape index (κ3) is 3.33. The van der Waals surface area contributed by atoms with Crippen molar-refractivity contribution in [1.29, 1.82) is 0 Å². The fraction of sp³-hybridized carbons (Fsp3) is 0.857. The summed E-state index contributed by atoms with van der Waals surface area (Å²) in [6, 6.07) is 0.300. The van der Waals surface area contributed by atoms with Crippen molar-refractivity contribution in [2.45, 2.75) is 64.0 Å². The van der Waals surface area contributed by atoms with Crippen molar-refractivity contribution in [3.05, 3.63) is 5.82 Å². The Balaban J connectivity index is 1.57. The smallest absolute Gasteiger partial charge is 0.410 e. The van der Waals surface area contributed by atoms with E-state index < -0.39 is 5.60 Å². The quantitative estimate of drug-likeness (QED) is 0.835. The molecule has 0 bridgehead atoms. The minimum atomic E-state index is -0.442. The SMILES string of the molecule is CC(C)(C)OC(=O)N1CCC(n2nnnc2C2CC2)CC1. The molecule has 0 radical (unpaired) electrons. The molecule has 1 amide bonds. The Kier molecular flexibility index (Phi) is 3.59. The maximum absolute atomic E-state index is 12.0. The Morgan fingerprint density at radius 1 is 1.19 bits per heavy atom. The summed E-state index contributed by atoms with van der Waals surface area (Å²) in [5.74, 6) is 1.56. The fourth-order valence-corrected chi connectivity index (χ4v) is 2.69. The van der Waals surface area contributed by atoms with Crippen molar-refractivity contribution in [2.75, 3.05) is 13.1 Å². The van der Waals surface area contributed by atoms with Crippen molar-refractivity contribution in [1.82, 2.24) is 25.1 Å². The number of piperidine rings is 1. The molecule has 0 N–H and O–H groups in total. The average Bonchev–Trinajstić information content (AvgIpc) is 3.14. The van der Waals surface area contributed by atoms with Gasteiger partial charge < -0.3 is 9.64 Å². The summed E-state index contributed by atoms with van der Waals surface area (Å²) in [4.78, 5) is 13.8. The number of amides is 1. The summed E-state index contributed by atoms with van der Waals surface area (Å²) in [7, 11) is 0. The van der Waals surface area contributed by atoms with Gasteiger partial charge in [-0.3, -0.25) is 0 Å². The number of likely N-dealkylation sites (tertiary alicyclic amines) is 1. The zero-order valence-corrected chi connectivity index (χ0v) is 12.9. The third-order valence-electron chi connectivity index (χ3n) is 3.92. The summed E-state index contributed by atoms with van der Waals surface area (Å²) in [5, 5.41) is 12.1. The van der Waals surface area contributed by atoms with E-state index >= 15 is 0 Å².